The minimum atomic E-state index is -2.57. The van der Waals surface area contributed by atoms with Gasteiger partial charge in [0.15, 0.2) is 5.65 Å². The highest BCUT2D eigenvalue weighted by Gasteiger charge is 2.56. The van der Waals surface area contributed by atoms with Crippen molar-refractivity contribution >= 4 is 11.6 Å². The molecule has 1 atom stereocenters. The van der Waals surface area contributed by atoms with Crippen molar-refractivity contribution < 1.29 is 18.3 Å². The molecule has 0 spiro atoms. The van der Waals surface area contributed by atoms with E-state index < -0.39 is 11.8 Å². The first-order valence-corrected chi connectivity index (χ1v) is 8.86. The third-order valence-corrected chi connectivity index (χ3v) is 4.66. The van der Waals surface area contributed by atoms with Crippen LogP contribution in [0.1, 0.15) is 36.5 Å². The smallest absolute Gasteiger partial charge is 0.338 e. The van der Waals surface area contributed by atoms with Crippen LogP contribution < -0.4 is 0 Å². The second-order valence-electron chi connectivity index (χ2n) is 7.16. The molecule has 1 saturated carbocycles. The summed E-state index contributed by atoms with van der Waals surface area (Å²) in [6.07, 6.45) is 1.77. The number of nitrogens with zero attached hydrogens (tertiary/aromatic N) is 3. The van der Waals surface area contributed by atoms with E-state index in [4.69, 9.17) is 4.74 Å². The molecule has 0 radical (unpaired) electrons. The van der Waals surface area contributed by atoms with Gasteiger partial charge in [-0.3, -0.25) is 4.40 Å². The van der Waals surface area contributed by atoms with Crippen LogP contribution in [0.2, 0.25) is 0 Å². The Bertz CT molecular complexity index is 996. The second kappa shape index (κ2) is 6.40. The highest BCUT2D eigenvalue weighted by Crippen LogP contribution is 2.50. The van der Waals surface area contributed by atoms with Gasteiger partial charge in [0.2, 0.25) is 0 Å². The summed E-state index contributed by atoms with van der Waals surface area (Å²) in [7, 11) is 0. The third kappa shape index (κ3) is 3.54. The van der Waals surface area contributed by atoms with Crippen LogP contribution in [0, 0.1) is 5.92 Å². The van der Waals surface area contributed by atoms with Crippen LogP contribution in [-0.2, 0) is 11.2 Å². The van der Waals surface area contributed by atoms with E-state index in [1.54, 1.807) is 36.6 Å². The number of ether oxygens (including phenoxy) is 1. The molecule has 2 heterocycles. The fraction of sp³-hybridized carbons (Fsp3) is 0.350. The van der Waals surface area contributed by atoms with E-state index in [2.05, 4.69) is 10.2 Å². The number of carbonyl (C=O) groups is 1. The molecule has 0 N–H and O–H groups in total. The first-order chi connectivity index (χ1) is 12.8. The fourth-order valence-electron chi connectivity index (χ4n) is 3.05. The van der Waals surface area contributed by atoms with Gasteiger partial charge in [-0.1, -0.05) is 12.1 Å². The summed E-state index contributed by atoms with van der Waals surface area (Å²) in [5.74, 6) is -3.01. The lowest BCUT2D eigenvalue weighted by molar-refractivity contribution is 0.0378. The van der Waals surface area contributed by atoms with Crippen LogP contribution in [-0.4, -0.2) is 32.6 Å². The molecule has 1 fully saturated rings. The first kappa shape index (κ1) is 17.6. The summed E-state index contributed by atoms with van der Waals surface area (Å²) >= 11 is 0. The summed E-state index contributed by atoms with van der Waals surface area (Å²) in [5.41, 5.74) is 2.91. The van der Waals surface area contributed by atoms with E-state index in [1.165, 1.54) is 0 Å². The molecule has 1 aliphatic carbocycles. The number of halogens is 2. The zero-order valence-electron chi connectivity index (χ0n) is 15.0. The number of hydrogen-bond donors (Lipinski definition) is 0. The van der Waals surface area contributed by atoms with Gasteiger partial charge >= 0.3 is 5.97 Å². The molecular formula is C20H19F2N3O2. The van der Waals surface area contributed by atoms with Crippen LogP contribution in [0.4, 0.5) is 8.78 Å². The maximum absolute atomic E-state index is 13.1. The lowest BCUT2D eigenvalue weighted by Gasteiger charge is -2.08. The summed E-state index contributed by atoms with van der Waals surface area (Å²) in [6.45, 7) is 3.61. The standard InChI is InChI=1S/C20H19F2N3O2/c1-12(2)27-19(26)14-5-3-13(4-6-14)15-7-8-25-17(9-15)23-24-18(25)10-16-11-20(16,21)22/h3-9,12,16H,10-11H2,1-2H3. The quantitative estimate of drug-likeness (QED) is 0.632. The Morgan fingerprint density at radius 3 is 2.56 bits per heavy atom. The average Bonchev–Trinajstić information content (AvgIpc) is 3.04. The monoisotopic (exact) mass is 371 g/mol. The van der Waals surface area contributed by atoms with E-state index in [0.29, 0.717) is 17.0 Å². The van der Waals surface area contributed by atoms with Crippen LogP contribution in [0.25, 0.3) is 16.8 Å². The zero-order chi connectivity index (χ0) is 19.2. The molecule has 0 aliphatic heterocycles. The number of pyridine rings is 1. The number of rotatable bonds is 5. The van der Waals surface area contributed by atoms with E-state index in [1.807, 2.05) is 24.3 Å². The molecule has 0 saturated heterocycles. The predicted molar refractivity (Wildman–Crippen MR) is 95.7 cm³/mol. The number of benzene rings is 1. The summed E-state index contributed by atoms with van der Waals surface area (Å²) < 4.78 is 33.2. The van der Waals surface area contributed by atoms with Gasteiger partial charge in [0.1, 0.15) is 5.82 Å². The van der Waals surface area contributed by atoms with Crippen molar-refractivity contribution in [2.45, 2.75) is 38.7 Å². The second-order valence-corrected chi connectivity index (χ2v) is 7.16. The summed E-state index contributed by atoms with van der Waals surface area (Å²) in [4.78, 5) is 11.9. The molecule has 1 unspecified atom stereocenters. The summed E-state index contributed by atoms with van der Waals surface area (Å²) in [5, 5.41) is 8.16. The average molecular weight is 371 g/mol. The number of carbonyl (C=O) groups excluding carboxylic acids is 1. The van der Waals surface area contributed by atoms with Crippen LogP contribution in [0.15, 0.2) is 42.6 Å². The van der Waals surface area contributed by atoms with Crippen molar-refractivity contribution in [2.75, 3.05) is 0 Å². The van der Waals surface area contributed by atoms with E-state index in [0.717, 1.165) is 11.1 Å². The highest BCUT2D eigenvalue weighted by atomic mass is 19.3. The Morgan fingerprint density at radius 1 is 1.22 bits per heavy atom. The molecule has 0 amide bonds. The van der Waals surface area contributed by atoms with Crippen molar-refractivity contribution in [1.29, 1.82) is 0 Å². The maximum Gasteiger partial charge on any atom is 0.338 e. The molecule has 3 aromatic rings. The zero-order valence-corrected chi connectivity index (χ0v) is 15.0. The van der Waals surface area contributed by atoms with Crippen LogP contribution in [0.5, 0.6) is 0 Å². The largest absolute Gasteiger partial charge is 0.459 e. The van der Waals surface area contributed by atoms with Gasteiger partial charge in [0.25, 0.3) is 5.92 Å². The lowest BCUT2D eigenvalue weighted by Crippen LogP contribution is -2.11. The molecular weight excluding hydrogens is 352 g/mol. The normalized spacial score (nSPS) is 18.0. The number of esters is 1. The van der Waals surface area contributed by atoms with Crippen LogP contribution in [0.3, 0.4) is 0 Å². The van der Waals surface area contributed by atoms with Gasteiger partial charge < -0.3 is 4.74 Å². The number of alkyl halides is 2. The molecule has 140 valence electrons. The van der Waals surface area contributed by atoms with Crippen molar-refractivity contribution in [1.82, 2.24) is 14.6 Å². The van der Waals surface area contributed by atoms with Crippen molar-refractivity contribution in [3.8, 4) is 11.1 Å². The minimum Gasteiger partial charge on any atom is -0.459 e. The Balaban J connectivity index is 1.55. The Morgan fingerprint density at radius 2 is 1.93 bits per heavy atom. The van der Waals surface area contributed by atoms with Gasteiger partial charge in [-0.15, -0.1) is 10.2 Å². The number of aromatic nitrogens is 3. The highest BCUT2D eigenvalue weighted by molar-refractivity contribution is 5.90. The minimum absolute atomic E-state index is 0.0778. The number of fused-ring (bicyclic) bond motifs is 1. The molecule has 1 aromatic carbocycles. The lowest BCUT2D eigenvalue weighted by atomic mass is 10.0. The molecule has 0 bridgehead atoms. The van der Waals surface area contributed by atoms with Gasteiger partial charge in [0.05, 0.1) is 11.7 Å². The van der Waals surface area contributed by atoms with Crippen molar-refractivity contribution in [3.05, 3.63) is 54.0 Å². The topological polar surface area (TPSA) is 56.5 Å². The molecule has 7 heteroatoms. The maximum atomic E-state index is 13.1. The van der Waals surface area contributed by atoms with Gasteiger partial charge in [-0.05, 0) is 49.2 Å². The van der Waals surface area contributed by atoms with E-state index in [-0.39, 0.29) is 24.9 Å². The predicted octanol–water partition coefficient (Wildman–Crippen LogP) is 4.16. The third-order valence-electron chi connectivity index (χ3n) is 4.66. The van der Waals surface area contributed by atoms with Gasteiger partial charge in [-0.25, -0.2) is 13.6 Å². The van der Waals surface area contributed by atoms with E-state index in [9.17, 15) is 13.6 Å². The van der Waals surface area contributed by atoms with Crippen LogP contribution >= 0.6 is 0 Å². The molecule has 4 rings (SSSR count). The Kier molecular flexibility index (Phi) is 4.17. The Hall–Kier alpha value is -2.83. The SMILES string of the molecule is CC(C)OC(=O)c1ccc(-c2ccn3c(CC4CC4(F)F)nnc3c2)cc1. The first-order valence-electron chi connectivity index (χ1n) is 8.86. The van der Waals surface area contributed by atoms with Gasteiger partial charge in [-0.2, -0.15) is 0 Å². The molecule has 5 nitrogen and oxygen atoms in total. The van der Waals surface area contributed by atoms with Crippen molar-refractivity contribution in [3.63, 3.8) is 0 Å². The van der Waals surface area contributed by atoms with Gasteiger partial charge in [0, 0.05) is 25.0 Å². The molecule has 2 aromatic heterocycles. The van der Waals surface area contributed by atoms with E-state index >= 15 is 0 Å². The molecule has 27 heavy (non-hydrogen) atoms. The fourth-order valence-corrected chi connectivity index (χ4v) is 3.05. The van der Waals surface area contributed by atoms with Crippen molar-refractivity contribution in [2.24, 2.45) is 5.92 Å². The number of hydrogen-bond acceptors (Lipinski definition) is 4. The molecule has 1 aliphatic rings. The summed E-state index contributed by atoms with van der Waals surface area (Å²) in [6, 6.07) is 10.8. The Labute approximate surface area is 155 Å².